The Balaban J connectivity index is 2.04. The monoisotopic (exact) mass is 266 g/mol. The van der Waals surface area contributed by atoms with Crippen molar-refractivity contribution < 1.29 is 9.13 Å². The van der Waals surface area contributed by atoms with Crippen molar-refractivity contribution in [1.82, 2.24) is 4.98 Å². The normalized spacial score (nSPS) is 10.2. The van der Waals surface area contributed by atoms with Crippen molar-refractivity contribution in [3.63, 3.8) is 0 Å². The molecule has 5 heteroatoms. The maximum Gasteiger partial charge on any atom is 0.142 e. The average Bonchev–Trinajstić information content (AvgIpc) is 2.40. The molecule has 1 N–H and O–H groups in total. The molecule has 0 atom stereocenters. The van der Waals surface area contributed by atoms with Gasteiger partial charge in [0.05, 0.1) is 10.7 Å². The van der Waals surface area contributed by atoms with Gasteiger partial charge in [-0.2, -0.15) is 0 Å². The number of hydrogen-bond donors (Lipinski definition) is 1. The Hall–Kier alpha value is -1.81. The first-order valence-electron chi connectivity index (χ1n) is 5.40. The molecule has 1 aromatic heterocycles. The summed E-state index contributed by atoms with van der Waals surface area (Å²) in [4.78, 5) is 4.30. The zero-order valence-electron chi connectivity index (χ0n) is 9.78. The van der Waals surface area contributed by atoms with Gasteiger partial charge >= 0.3 is 0 Å². The molecule has 0 fully saturated rings. The second-order valence-electron chi connectivity index (χ2n) is 3.63. The summed E-state index contributed by atoms with van der Waals surface area (Å²) in [5.74, 6) is 0.825. The van der Waals surface area contributed by atoms with Gasteiger partial charge in [-0.25, -0.2) is 9.37 Å². The van der Waals surface area contributed by atoms with E-state index in [2.05, 4.69) is 10.3 Å². The summed E-state index contributed by atoms with van der Waals surface area (Å²) >= 11 is 5.66. The summed E-state index contributed by atoms with van der Waals surface area (Å²) in [6.45, 7) is 0.303. The molecule has 0 bridgehead atoms. The first-order chi connectivity index (χ1) is 8.69. The smallest absolute Gasteiger partial charge is 0.142 e. The van der Waals surface area contributed by atoms with Crippen molar-refractivity contribution in [2.45, 2.75) is 6.61 Å². The third-order valence-electron chi connectivity index (χ3n) is 2.34. The quantitative estimate of drug-likeness (QED) is 0.920. The number of pyridine rings is 1. The Kier molecular flexibility index (Phi) is 3.99. The fourth-order valence-corrected chi connectivity index (χ4v) is 1.59. The van der Waals surface area contributed by atoms with E-state index in [1.165, 1.54) is 18.2 Å². The number of ether oxygens (including phenoxy) is 1. The van der Waals surface area contributed by atoms with Crippen LogP contribution in [0.4, 0.5) is 10.2 Å². The highest BCUT2D eigenvalue weighted by Gasteiger charge is 2.03. The van der Waals surface area contributed by atoms with Crippen LogP contribution in [-0.2, 0) is 6.61 Å². The Morgan fingerprint density at radius 3 is 2.89 bits per heavy atom. The number of nitrogens with one attached hydrogen (secondary N) is 1. The number of halogens is 2. The zero-order chi connectivity index (χ0) is 13.0. The Labute approximate surface area is 110 Å². The summed E-state index contributed by atoms with van der Waals surface area (Å²) in [6.07, 6.45) is 0. The molecular formula is C13H12ClFN2O. The molecule has 3 nitrogen and oxygen atoms in total. The van der Waals surface area contributed by atoms with E-state index in [0.29, 0.717) is 12.4 Å². The lowest BCUT2D eigenvalue weighted by molar-refractivity contribution is 0.301. The molecule has 2 aromatic rings. The fourth-order valence-electron chi connectivity index (χ4n) is 1.42. The minimum Gasteiger partial charge on any atom is -0.487 e. The molecule has 1 aromatic carbocycles. The van der Waals surface area contributed by atoms with Gasteiger partial charge in [0.1, 0.15) is 24.0 Å². The molecule has 0 saturated carbocycles. The lowest BCUT2D eigenvalue weighted by Crippen LogP contribution is -2.00. The molecular weight excluding hydrogens is 255 g/mol. The largest absolute Gasteiger partial charge is 0.487 e. The van der Waals surface area contributed by atoms with Crippen LogP contribution in [0.5, 0.6) is 5.75 Å². The Morgan fingerprint density at radius 2 is 2.17 bits per heavy atom. The molecule has 0 saturated heterocycles. The van der Waals surface area contributed by atoms with Crippen LogP contribution in [0, 0.1) is 5.82 Å². The number of nitrogens with zero attached hydrogens (tertiary/aromatic N) is 1. The van der Waals surface area contributed by atoms with Gasteiger partial charge in [-0.3, -0.25) is 0 Å². The van der Waals surface area contributed by atoms with Gasteiger partial charge < -0.3 is 10.1 Å². The first kappa shape index (κ1) is 12.6. The number of benzene rings is 1. The van der Waals surface area contributed by atoms with E-state index >= 15 is 0 Å². The molecule has 2 rings (SSSR count). The highest BCUT2D eigenvalue weighted by molar-refractivity contribution is 6.30. The van der Waals surface area contributed by atoms with Crippen molar-refractivity contribution in [1.29, 1.82) is 0 Å². The standard InChI is InChI=1S/C13H12ClFN2O/c1-16-13-4-2-3-9(17-13)8-18-10-5-6-12(15)11(14)7-10/h2-7H,8H2,1H3,(H,16,17). The number of hydrogen-bond acceptors (Lipinski definition) is 3. The molecule has 0 spiro atoms. The van der Waals surface area contributed by atoms with Crippen LogP contribution in [0.25, 0.3) is 0 Å². The van der Waals surface area contributed by atoms with E-state index in [1.807, 2.05) is 18.2 Å². The zero-order valence-corrected chi connectivity index (χ0v) is 10.5. The molecule has 1 heterocycles. The molecule has 0 radical (unpaired) electrons. The molecule has 0 aliphatic rings. The summed E-state index contributed by atoms with van der Waals surface area (Å²) in [6, 6.07) is 9.84. The Morgan fingerprint density at radius 1 is 1.33 bits per heavy atom. The molecule has 0 aliphatic carbocycles. The summed E-state index contributed by atoms with van der Waals surface area (Å²) < 4.78 is 18.4. The van der Waals surface area contributed by atoms with Gasteiger partial charge in [-0.1, -0.05) is 17.7 Å². The minimum absolute atomic E-state index is 0.0458. The van der Waals surface area contributed by atoms with Gasteiger partial charge in [0.2, 0.25) is 0 Å². The van der Waals surface area contributed by atoms with Gasteiger partial charge in [-0.05, 0) is 24.3 Å². The van der Waals surface area contributed by atoms with E-state index in [-0.39, 0.29) is 5.02 Å². The third kappa shape index (κ3) is 3.11. The maximum absolute atomic E-state index is 13.0. The molecule has 0 aliphatic heterocycles. The summed E-state index contributed by atoms with van der Waals surface area (Å²) in [5, 5.41) is 2.99. The molecule has 94 valence electrons. The van der Waals surface area contributed by atoms with E-state index in [1.54, 1.807) is 7.05 Å². The second-order valence-corrected chi connectivity index (χ2v) is 4.04. The minimum atomic E-state index is -0.459. The lowest BCUT2D eigenvalue weighted by atomic mass is 10.3. The van der Waals surface area contributed by atoms with Crippen LogP contribution in [0.1, 0.15) is 5.69 Å². The van der Waals surface area contributed by atoms with Crippen LogP contribution in [0.15, 0.2) is 36.4 Å². The van der Waals surface area contributed by atoms with E-state index in [9.17, 15) is 4.39 Å². The van der Waals surface area contributed by atoms with E-state index in [4.69, 9.17) is 16.3 Å². The fraction of sp³-hybridized carbons (Fsp3) is 0.154. The van der Waals surface area contributed by atoms with Crippen LogP contribution < -0.4 is 10.1 Å². The second kappa shape index (κ2) is 5.69. The molecule has 18 heavy (non-hydrogen) atoms. The predicted octanol–water partition coefficient (Wildman–Crippen LogP) is 3.49. The van der Waals surface area contributed by atoms with Crippen LogP contribution in [0.3, 0.4) is 0 Å². The highest BCUT2D eigenvalue weighted by Crippen LogP contribution is 2.21. The van der Waals surface area contributed by atoms with Gasteiger partial charge in [0.15, 0.2) is 0 Å². The highest BCUT2D eigenvalue weighted by atomic mass is 35.5. The van der Waals surface area contributed by atoms with Gasteiger partial charge in [0, 0.05) is 13.1 Å². The number of anilines is 1. The predicted molar refractivity (Wildman–Crippen MR) is 69.5 cm³/mol. The van der Waals surface area contributed by atoms with Gasteiger partial charge in [-0.15, -0.1) is 0 Å². The summed E-state index contributed by atoms with van der Waals surface area (Å²) in [7, 11) is 1.80. The van der Waals surface area contributed by atoms with Crippen molar-refractivity contribution >= 4 is 17.4 Å². The van der Waals surface area contributed by atoms with Crippen molar-refractivity contribution in [3.05, 3.63) is 52.9 Å². The molecule has 0 amide bonds. The van der Waals surface area contributed by atoms with E-state index < -0.39 is 5.82 Å². The van der Waals surface area contributed by atoms with Crippen LogP contribution in [-0.4, -0.2) is 12.0 Å². The van der Waals surface area contributed by atoms with Crippen molar-refractivity contribution in [2.75, 3.05) is 12.4 Å². The van der Waals surface area contributed by atoms with Crippen molar-refractivity contribution in [3.8, 4) is 5.75 Å². The van der Waals surface area contributed by atoms with Gasteiger partial charge in [0.25, 0.3) is 0 Å². The molecule has 0 unspecified atom stereocenters. The summed E-state index contributed by atoms with van der Waals surface area (Å²) in [5.41, 5.74) is 0.780. The third-order valence-corrected chi connectivity index (χ3v) is 2.63. The maximum atomic E-state index is 13.0. The Bertz CT molecular complexity index is 548. The number of rotatable bonds is 4. The van der Waals surface area contributed by atoms with E-state index in [0.717, 1.165) is 11.5 Å². The van der Waals surface area contributed by atoms with Crippen LogP contribution in [0.2, 0.25) is 5.02 Å². The van der Waals surface area contributed by atoms with Crippen molar-refractivity contribution in [2.24, 2.45) is 0 Å². The topological polar surface area (TPSA) is 34.1 Å². The van der Waals surface area contributed by atoms with Crippen LogP contribution >= 0.6 is 11.6 Å². The first-order valence-corrected chi connectivity index (χ1v) is 5.78. The average molecular weight is 267 g/mol. The SMILES string of the molecule is CNc1cccc(COc2ccc(F)c(Cl)c2)n1. The lowest BCUT2D eigenvalue weighted by Gasteiger charge is -2.07. The number of aromatic nitrogens is 1.